The highest BCUT2D eigenvalue weighted by molar-refractivity contribution is 8.38. The largest absolute Gasteiger partial charge is 0.330 e. The Kier molecular flexibility index (Phi) is 5.06. The Labute approximate surface area is 76.4 Å². The van der Waals surface area contributed by atoms with Crippen LogP contribution in [-0.4, -0.2) is 29.0 Å². The van der Waals surface area contributed by atoms with Crippen molar-refractivity contribution in [2.45, 2.75) is 12.8 Å². The molecule has 0 spiro atoms. The van der Waals surface area contributed by atoms with E-state index in [0.29, 0.717) is 0 Å². The molecule has 0 radical (unpaired) electrons. The van der Waals surface area contributed by atoms with Crippen molar-refractivity contribution in [3.8, 4) is 0 Å². The molecule has 0 aromatic heterocycles. The lowest BCUT2D eigenvalue weighted by molar-refractivity contribution is 0.939. The predicted octanol–water partition coefficient (Wildman–Crippen LogP) is 1.56. The van der Waals surface area contributed by atoms with Crippen molar-refractivity contribution in [1.29, 1.82) is 0 Å². The second-order valence-electron chi connectivity index (χ2n) is 2.34. The summed E-state index contributed by atoms with van der Waals surface area (Å²) in [6, 6.07) is 0. The van der Waals surface area contributed by atoms with Gasteiger partial charge in [0.25, 0.3) is 0 Å². The van der Waals surface area contributed by atoms with Gasteiger partial charge in [-0.1, -0.05) is 23.5 Å². The number of hydrogen-bond acceptors (Lipinski definition) is 4. The maximum atomic E-state index is 5.38. The van der Waals surface area contributed by atoms with Gasteiger partial charge in [-0.25, -0.2) is 0 Å². The second-order valence-corrected chi connectivity index (χ2v) is 4.77. The van der Waals surface area contributed by atoms with E-state index in [1.54, 1.807) is 0 Å². The third-order valence-electron chi connectivity index (χ3n) is 1.34. The summed E-state index contributed by atoms with van der Waals surface area (Å²) >= 11 is 3.74. The lowest BCUT2D eigenvalue weighted by atomic mass is 10.5. The first-order valence-corrected chi connectivity index (χ1v) is 5.90. The Morgan fingerprint density at radius 3 is 3.18 bits per heavy atom. The zero-order valence-corrected chi connectivity index (χ0v) is 8.22. The summed E-state index contributed by atoms with van der Waals surface area (Å²) in [7, 11) is 0. The van der Waals surface area contributed by atoms with Gasteiger partial charge in [-0.05, 0) is 19.4 Å². The van der Waals surface area contributed by atoms with Crippen LogP contribution < -0.4 is 5.73 Å². The number of thioether (sulfide) groups is 2. The van der Waals surface area contributed by atoms with Crippen LogP contribution in [0, 0.1) is 0 Å². The molecule has 1 aliphatic rings. The van der Waals surface area contributed by atoms with E-state index in [0.717, 1.165) is 25.3 Å². The molecule has 0 aromatic rings. The summed E-state index contributed by atoms with van der Waals surface area (Å²) in [5.74, 6) is 2.37. The number of rotatable bonds is 3. The van der Waals surface area contributed by atoms with Crippen LogP contribution in [0.3, 0.4) is 0 Å². The first-order chi connectivity index (χ1) is 5.43. The minimum absolute atomic E-state index is 0.797. The topological polar surface area (TPSA) is 38.4 Å². The normalized spacial score (nSPS) is 18.1. The summed E-state index contributed by atoms with van der Waals surface area (Å²) in [6.07, 6.45) is 2.34. The van der Waals surface area contributed by atoms with Gasteiger partial charge in [-0.15, -0.1) is 0 Å². The lowest BCUT2D eigenvalue weighted by Crippen LogP contribution is -2.03. The van der Waals surface area contributed by atoms with E-state index in [1.807, 2.05) is 23.5 Å². The molecule has 0 aromatic carbocycles. The Hall–Kier alpha value is 0.330. The van der Waals surface area contributed by atoms with Gasteiger partial charge in [-0.3, -0.25) is 4.99 Å². The summed E-state index contributed by atoms with van der Waals surface area (Å²) in [5.41, 5.74) is 5.38. The molecule has 0 fully saturated rings. The first kappa shape index (κ1) is 9.42. The molecule has 64 valence electrons. The minimum atomic E-state index is 0.797. The van der Waals surface area contributed by atoms with E-state index in [2.05, 4.69) is 4.99 Å². The number of hydrogen-bond donors (Lipinski definition) is 1. The maximum Gasteiger partial charge on any atom is 0.124 e. The van der Waals surface area contributed by atoms with Crippen molar-refractivity contribution in [1.82, 2.24) is 0 Å². The molecule has 0 saturated carbocycles. The van der Waals surface area contributed by atoms with Crippen molar-refractivity contribution in [3.05, 3.63) is 0 Å². The molecule has 1 aliphatic heterocycles. The summed E-state index contributed by atoms with van der Waals surface area (Å²) in [5, 5.41) is 0. The van der Waals surface area contributed by atoms with Gasteiger partial charge in [0.2, 0.25) is 0 Å². The minimum Gasteiger partial charge on any atom is -0.330 e. The van der Waals surface area contributed by atoms with E-state index in [4.69, 9.17) is 5.73 Å². The van der Waals surface area contributed by atoms with Crippen LogP contribution >= 0.6 is 23.5 Å². The van der Waals surface area contributed by atoms with Crippen molar-refractivity contribution < 1.29 is 0 Å². The molecular formula is C7H14N2S2. The van der Waals surface area contributed by atoms with Crippen LogP contribution in [0.1, 0.15) is 12.8 Å². The summed E-state index contributed by atoms with van der Waals surface area (Å²) < 4.78 is 1.27. The van der Waals surface area contributed by atoms with Crippen molar-refractivity contribution in [3.63, 3.8) is 0 Å². The number of nitrogens with zero attached hydrogens (tertiary/aromatic N) is 1. The van der Waals surface area contributed by atoms with E-state index in [1.165, 1.54) is 16.5 Å². The van der Waals surface area contributed by atoms with Crippen molar-refractivity contribution >= 4 is 27.9 Å². The molecule has 11 heavy (non-hydrogen) atoms. The third kappa shape index (κ3) is 4.03. The smallest absolute Gasteiger partial charge is 0.124 e. The molecule has 0 bridgehead atoms. The van der Waals surface area contributed by atoms with E-state index < -0.39 is 0 Å². The number of nitrogens with two attached hydrogens (primary N) is 1. The molecule has 2 N–H and O–H groups in total. The highest BCUT2D eigenvalue weighted by Crippen LogP contribution is 2.21. The summed E-state index contributed by atoms with van der Waals surface area (Å²) in [6.45, 7) is 1.82. The fourth-order valence-corrected chi connectivity index (χ4v) is 2.90. The molecule has 0 unspecified atom stereocenters. The van der Waals surface area contributed by atoms with E-state index in [9.17, 15) is 0 Å². The van der Waals surface area contributed by atoms with E-state index in [-0.39, 0.29) is 0 Å². The Balaban J connectivity index is 2.09. The zero-order valence-electron chi connectivity index (χ0n) is 6.58. The monoisotopic (exact) mass is 190 g/mol. The third-order valence-corrected chi connectivity index (χ3v) is 3.79. The quantitative estimate of drug-likeness (QED) is 0.686. The highest BCUT2D eigenvalue weighted by atomic mass is 32.2. The Bertz CT molecular complexity index is 136. The van der Waals surface area contributed by atoms with Gasteiger partial charge < -0.3 is 5.73 Å². The lowest BCUT2D eigenvalue weighted by Gasteiger charge is -2.09. The molecular weight excluding hydrogens is 176 g/mol. The summed E-state index contributed by atoms with van der Waals surface area (Å²) in [4.78, 5) is 4.40. The molecule has 4 heteroatoms. The fraction of sp³-hybridized carbons (Fsp3) is 0.857. The van der Waals surface area contributed by atoms with Gasteiger partial charge in [0.15, 0.2) is 0 Å². The van der Waals surface area contributed by atoms with Crippen LogP contribution in [0.25, 0.3) is 0 Å². The number of aliphatic imine (C=N–C) groups is 1. The van der Waals surface area contributed by atoms with Crippen LogP contribution in [0.15, 0.2) is 4.99 Å². The average molecular weight is 190 g/mol. The van der Waals surface area contributed by atoms with Crippen LogP contribution in [0.2, 0.25) is 0 Å². The molecule has 2 nitrogen and oxygen atoms in total. The Morgan fingerprint density at radius 2 is 2.55 bits per heavy atom. The SMILES string of the molecule is NCCCSC1=NCCCS1. The first-order valence-electron chi connectivity index (χ1n) is 3.93. The van der Waals surface area contributed by atoms with Crippen LogP contribution in [0.5, 0.6) is 0 Å². The molecule has 1 heterocycles. The second kappa shape index (κ2) is 5.91. The van der Waals surface area contributed by atoms with Gasteiger partial charge in [0.05, 0.1) is 0 Å². The van der Waals surface area contributed by atoms with Gasteiger partial charge in [-0.2, -0.15) is 0 Å². The Morgan fingerprint density at radius 1 is 1.64 bits per heavy atom. The molecule has 0 amide bonds. The standard InChI is InChI=1S/C7H14N2S2/c8-3-1-5-10-7-9-4-2-6-11-7/h1-6,8H2. The van der Waals surface area contributed by atoms with Crippen LogP contribution in [0.4, 0.5) is 0 Å². The van der Waals surface area contributed by atoms with Gasteiger partial charge >= 0.3 is 0 Å². The molecule has 0 aliphatic carbocycles. The molecule has 1 rings (SSSR count). The van der Waals surface area contributed by atoms with Crippen LogP contribution in [-0.2, 0) is 0 Å². The van der Waals surface area contributed by atoms with Crippen molar-refractivity contribution in [2.24, 2.45) is 10.7 Å². The average Bonchev–Trinajstić information content (AvgIpc) is 2.07. The molecule has 0 saturated heterocycles. The zero-order chi connectivity index (χ0) is 7.94. The van der Waals surface area contributed by atoms with Crippen molar-refractivity contribution in [2.75, 3.05) is 24.6 Å². The van der Waals surface area contributed by atoms with Gasteiger partial charge in [0, 0.05) is 18.1 Å². The van der Waals surface area contributed by atoms with Gasteiger partial charge in [0.1, 0.15) is 4.38 Å². The maximum absolute atomic E-state index is 5.38. The predicted molar refractivity (Wildman–Crippen MR) is 55.5 cm³/mol. The highest BCUT2D eigenvalue weighted by Gasteiger charge is 2.04. The molecule has 0 atom stereocenters. The van der Waals surface area contributed by atoms with E-state index >= 15 is 0 Å². The fourth-order valence-electron chi connectivity index (χ4n) is 0.770.